The lowest BCUT2D eigenvalue weighted by Crippen LogP contribution is -2.32. The summed E-state index contributed by atoms with van der Waals surface area (Å²) in [5, 5.41) is 0. The van der Waals surface area contributed by atoms with Gasteiger partial charge in [0.05, 0.1) is 0 Å². The van der Waals surface area contributed by atoms with Gasteiger partial charge in [-0.2, -0.15) is 0 Å². The standard InChI is InChI=1S/C10H17IO2/c1-2-3-4-5-9-8(11)6-7-10(12)13-9/h8-9H,2-7H2,1H3/t8-,9+/m0/s1. The number of carbonyl (C=O) groups excluding carboxylic acids is 1. The summed E-state index contributed by atoms with van der Waals surface area (Å²) < 4.78 is 5.83. The van der Waals surface area contributed by atoms with Gasteiger partial charge in [-0.3, -0.25) is 4.79 Å². The molecular formula is C10H17IO2. The molecule has 0 spiro atoms. The molecule has 0 aromatic carbocycles. The molecule has 0 N–H and O–H groups in total. The summed E-state index contributed by atoms with van der Waals surface area (Å²) in [6.07, 6.45) is 6.51. The Morgan fingerprint density at radius 3 is 3.00 bits per heavy atom. The Hall–Kier alpha value is 0.200. The van der Waals surface area contributed by atoms with Gasteiger partial charge >= 0.3 is 5.97 Å². The van der Waals surface area contributed by atoms with Crippen LogP contribution in [0.3, 0.4) is 0 Å². The number of halogens is 1. The molecule has 0 unspecified atom stereocenters. The first kappa shape index (κ1) is 11.3. The van der Waals surface area contributed by atoms with Gasteiger partial charge in [-0.1, -0.05) is 42.4 Å². The third-order valence-electron chi connectivity index (χ3n) is 2.40. The number of carbonyl (C=O) groups is 1. The number of unbranched alkanes of at least 4 members (excludes halogenated alkanes) is 2. The van der Waals surface area contributed by atoms with Crippen molar-refractivity contribution >= 4 is 28.6 Å². The van der Waals surface area contributed by atoms with Crippen LogP contribution >= 0.6 is 22.6 Å². The predicted octanol–water partition coefficient (Wildman–Crippen LogP) is 3.08. The number of rotatable bonds is 4. The van der Waals surface area contributed by atoms with Crippen molar-refractivity contribution in [2.75, 3.05) is 0 Å². The Labute approximate surface area is 93.6 Å². The Balaban J connectivity index is 2.25. The van der Waals surface area contributed by atoms with E-state index in [1.54, 1.807) is 0 Å². The van der Waals surface area contributed by atoms with Crippen molar-refractivity contribution < 1.29 is 9.53 Å². The molecule has 1 saturated heterocycles. The number of hydrogen-bond acceptors (Lipinski definition) is 2. The molecule has 1 fully saturated rings. The molecule has 0 aliphatic carbocycles. The summed E-state index contributed by atoms with van der Waals surface area (Å²) in [4.78, 5) is 11.0. The molecule has 0 bridgehead atoms. The van der Waals surface area contributed by atoms with Crippen LogP contribution in [0.1, 0.15) is 45.4 Å². The zero-order chi connectivity index (χ0) is 9.68. The third-order valence-corrected chi connectivity index (χ3v) is 3.83. The minimum absolute atomic E-state index is 0.00517. The molecule has 2 atom stereocenters. The second-order valence-electron chi connectivity index (χ2n) is 3.58. The first-order chi connectivity index (χ1) is 6.24. The van der Waals surface area contributed by atoms with Gasteiger partial charge in [-0.25, -0.2) is 0 Å². The highest BCUT2D eigenvalue weighted by atomic mass is 127. The van der Waals surface area contributed by atoms with Crippen molar-refractivity contribution in [2.45, 2.75) is 55.5 Å². The molecule has 13 heavy (non-hydrogen) atoms. The summed E-state index contributed by atoms with van der Waals surface area (Å²) in [5.41, 5.74) is 0. The maximum atomic E-state index is 11.0. The van der Waals surface area contributed by atoms with E-state index in [1.165, 1.54) is 19.3 Å². The number of ether oxygens (including phenoxy) is 1. The maximum absolute atomic E-state index is 11.0. The fourth-order valence-corrected chi connectivity index (χ4v) is 2.40. The van der Waals surface area contributed by atoms with Gasteiger partial charge in [0.25, 0.3) is 0 Å². The van der Waals surface area contributed by atoms with Crippen LogP contribution < -0.4 is 0 Å². The van der Waals surface area contributed by atoms with Gasteiger partial charge in [0.15, 0.2) is 0 Å². The van der Waals surface area contributed by atoms with Gasteiger partial charge in [-0.15, -0.1) is 0 Å². The Morgan fingerprint density at radius 2 is 2.31 bits per heavy atom. The number of hydrogen-bond donors (Lipinski definition) is 0. The van der Waals surface area contributed by atoms with E-state index < -0.39 is 0 Å². The van der Waals surface area contributed by atoms with Crippen molar-refractivity contribution in [3.05, 3.63) is 0 Å². The van der Waals surface area contributed by atoms with E-state index in [0.29, 0.717) is 10.3 Å². The van der Waals surface area contributed by atoms with Crippen molar-refractivity contribution in [1.29, 1.82) is 0 Å². The SMILES string of the molecule is CCCCC[C@H]1OC(=O)CC[C@@H]1I. The van der Waals surface area contributed by atoms with Gasteiger partial charge in [0.1, 0.15) is 6.10 Å². The molecule has 0 radical (unpaired) electrons. The molecular weight excluding hydrogens is 279 g/mol. The van der Waals surface area contributed by atoms with Crippen LogP contribution in [0.2, 0.25) is 0 Å². The highest BCUT2D eigenvalue weighted by Gasteiger charge is 2.27. The van der Waals surface area contributed by atoms with Crippen LogP contribution in [0.4, 0.5) is 0 Å². The molecule has 0 amide bonds. The summed E-state index contributed by atoms with van der Waals surface area (Å²) in [6.45, 7) is 2.19. The lowest BCUT2D eigenvalue weighted by molar-refractivity contribution is -0.153. The smallest absolute Gasteiger partial charge is 0.306 e. The van der Waals surface area contributed by atoms with Crippen molar-refractivity contribution in [2.24, 2.45) is 0 Å². The van der Waals surface area contributed by atoms with E-state index >= 15 is 0 Å². The molecule has 0 aromatic heterocycles. The summed E-state index contributed by atoms with van der Waals surface area (Å²) in [5.74, 6) is -0.00517. The Morgan fingerprint density at radius 1 is 1.54 bits per heavy atom. The number of esters is 1. The topological polar surface area (TPSA) is 26.3 Å². The second kappa shape index (κ2) is 5.83. The molecule has 3 heteroatoms. The molecule has 1 heterocycles. The van der Waals surface area contributed by atoms with E-state index in [-0.39, 0.29) is 12.1 Å². The van der Waals surface area contributed by atoms with Gasteiger partial charge in [-0.05, 0) is 19.3 Å². The second-order valence-corrected chi connectivity index (χ2v) is 5.18. The molecule has 1 aliphatic rings. The summed E-state index contributed by atoms with van der Waals surface area (Å²) >= 11 is 2.40. The first-order valence-corrected chi connectivity index (χ1v) is 6.32. The Kier molecular flexibility index (Phi) is 5.06. The lowest BCUT2D eigenvalue weighted by Gasteiger charge is -2.27. The summed E-state index contributed by atoms with van der Waals surface area (Å²) in [6, 6.07) is 0. The molecule has 1 aliphatic heterocycles. The van der Waals surface area contributed by atoms with Crippen LogP contribution in [0.25, 0.3) is 0 Å². The maximum Gasteiger partial charge on any atom is 0.306 e. The van der Waals surface area contributed by atoms with E-state index in [4.69, 9.17) is 4.74 Å². The van der Waals surface area contributed by atoms with Crippen LogP contribution in [-0.2, 0) is 9.53 Å². The minimum atomic E-state index is -0.00517. The molecule has 0 aromatic rings. The average Bonchev–Trinajstić information content (AvgIpc) is 2.11. The Bertz CT molecular complexity index is 170. The lowest BCUT2D eigenvalue weighted by atomic mass is 10.0. The van der Waals surface area contributed by atoms with Gasteiger partial charge < -0.3 is 4.74 Å². The normalized spacial score (nSPS) is 28.6. The highest BCUT2D eigenvalue weighted by molar-refractivity contribution is 14.1. The number of alkyl halides is 1. The van der Waals surface area contributed by atoms with Gasteiger partial charge in [0.2, 0.25) is 0 Å². The number of cyclic esters (lactones) is 1. The zero-order valence-electron chi connectivity index (χ0n) is 8.09. The van der Waals surface area contributed by atoms with Crippen molar-refractivity contribution in [3.63, 3.8) is 0 Å². The van der Waals surface area contributed by atoms with Crippen LogP contribution in [0.15, 0.2) is 0 Å². The van der Waals surface area contributed by atoms with Crippen LogP contribution in [-0.4, -0.2) is 16.0 Å². The van der Waals surface area contributed by atoms with E-state index in [0.717, 1.165) is 12.8 Å². The zero-order valence-corrected chi connectivity index (χ0v) is 10.2. The predicted molar refractivity (Wildman–Crippen MR) is 61.1 cm³/mol. The monoisotopic (exact) mass is 296 g/mol. The van der Waals surface area contributed by atoms with Crippen molar-refractivity contribution in [3.8, 4) is 0 Å². The molecule has 2 nitrogen and oxygen atoms in total. The highest BCUT2D eigenvalue weighted by Crippen LogP contribution is 2.26. The quantitative estimate of drug-likeness (QED) is 0.345. The van der Waals surface area contributed by atoms with E-state index in [1.807, 2.05) is 0 Å². The van der Waals surface area contributed by atoms with E-state index in [9.17, 15) is 4.79 Å². The van der Waals surface area contributed by atoms with Crippen molar-refractivity contribution in [1.82, 2.24) is 0 Å². The van der Waals surface area contributed by atoms with Gasteiger partial charge in [0, 0.05) is 10.3 Å². The molecule has 76 valence electrons. The molecule has 1 rings (SSSR count). The minimum Gasteiger partial charge on any atom is -0.461 e. The van der Waals surface area contributed by atoms with Crippen LogP contribution in [0.5, 0.6) is 0 Å². The average molecular weight is 296 g/mol. The molecule has 0 saturated carbocycles. The fraction of sp³-hybridized carbons (Fsp3) is 0.900. The summed E-state index contributed by atoms with van der Waals surface area (Å²) in [7, 11) is 0. The van der Waals surface area contributed by atoms with Crippen LogP contribution in [0, 0.1) is 0 Å². The van der Waals surface area contributed by atoms with E-state index in [2.05, 4.69) is 29.5 Å². The third kappa shape index (κ3) is 3.83. The fourth-order valence-electron chi connectivity index (χ4n) is 1.58. The first-order valence-electron chi connectivity index (χ1n) is 5.07. The largest absolute Gasteiger partial charge is 0.461 e.